The van der Waals surface area contributed by atoms with Gasteiger partial charge in [0, 0.05) is 18.9 Å². The third-order valence-corrected chi connectivity index (χ3v) is 9.35. The average Bonchev–Trinajstić information content (AvgIpc) is 2.94. The molecule has 1 amide bonds. The number of aliphatic hydroxyl groups excluding tert-OH is 1. The van der Waals surface area contributed by atoms with E-state index in [2.05, 4.69) is 33.0 Å². The summed E-state index contributed by atoms with van der Waals surface area (Å²) in [7, 11) is 0. The largest absolute Gasteiger partial charge is 0.389 e. The zero-order valence-electron chi connectivity index (χ0n) is 18.2. The monoisotopic (exact) mass is 387 g/mol. The van der Waals surface area contributed by atoms with Gasteiger partial charge in [-0.2, -0.15) is 0 Å². The number of nitrogens with one attached hydrogen (secondary N) is 1. The second-order valence-corrected chi connectivity index (χ2v) is 11.2. The van der Waals surface area contributed by atoms with Gasteiger partial charge in [0.25, 0.3) is 0 Å². The Balaban J connectivity index is 1.65. The Morgan fingerprint density at radius 3 is 2.57 bits per heavy atom. The van der Waals surface area contributed by atoms with Gasteiger partial charge < -0.3 is 10.4 Å². The molecule has 3 saturated carbocycles. The molecule has 28 heavy (non-hydrogen) atoms. The highest BCUT2D eigenvalue weighted by Crippen LogP contribution is 2.67. The van der Waals surface area contributed by atoms with E-state index < -0.39 is 6.10 Å². The van der Waals surface area contributed by atoms with Crippen LogP contribution in [0.2, 0.25) is 0 Å². The van der Waals surface area contributed by atoms with Crippen LogP contribution in [-0.2, 0) is 9.59 Å². The van der Waals surface area contributed by atoms with Crippen LogP contribution >= 0.6 is 0 Å². The van der Waals surface area contributed by atoms with Gasteiger partial charge in [0.15, 0.2) is 5.78 Å². The standard InChI is InChI=1S/C24H37NO3/c1-14(26)25-22(2,3)21-7-6-17-16-13-20(28)19-12-15(27)8-10-23(19,4)18(16)9-11-24(17,21)5/h12,16-18,20-21,28H,6-11,13H2,1-5H3,(H,25,26)/t16?,17?,18?,20-,21?,23?,24?/m1/s1. The Labute approximate surface area is 169 Å². The van der Waals surface area contributed by atoms with Crippen molar-refractivity contribution in [1.29, 1.82) is 0 Å². The van der Waals surface area contributed by atoms with Gasteiger partial charge in [-0.05, 0) is 98.5 Å². The summed E-state index contributed by atoms with van der Waals surface area (Å²) in [6.07, 6.45) is 8.29. The van der Waals surface area contributed by atoms with Crippen molar-refractivity contribution in [2.24, 2.45) is 34.5 Å². The third-order valence-electron chi connectivity index (χ3n) is 9.35. The fourth-order valence-corrected chi connectivity index (χ4v) is 8.33. The maximum atomic E-state index is 12.0. The first-order valence-electron chi connectivity index (χ1n) is 11.2. The summed E-state index contributed by atoms with van der Waals surface area (Å²) in [5.41, 5.74) is 0.987. The first-order valence-corrected chi connectivity index (χ1v) is 11.2. The number of carbonyl (C=O) groups excluding carboxylic acids is 2. The van der Waals surface area contributed by atoms with Gasteiger partial charge in [-0.25, -0.2) is 0 Å². The number of hydrogen-bond acceptors (Lipinski definition) is 3. The Kier molecular flexibility index (Phi) is 4.61. The van der Waals surface area contributed by atoms with Crippen molar-refractivity contribution in [3.8, 4) is 0 Å². The number of hydrogen-bond donors (Lipinski definition) is 2. The minimum atomic E-state index is -0.472. The van der Waals surface area contributed by atoms with Crippen molar-refractivity contribution in [3.05, 3.63) is 11.6 Å². The van der Waals surface area contributed by atoms with E-state index in [1.165, 1.54) is 19.3 Å². The molecule has 4 aliphatic rings. The molecule has 0 radical (unpaired) electrons. The number of aliphatic hydroxyl groups is 1. The SMILES string of the molecule is CC(=O)NC(C)(C)C1CCC2C3C[C@@H](O)C4=CC(=O)CCC4(C)C3CCC21C. The molecule has 0 heterocycles. The summed E-state index contributed by atoms with van der Waals surface area (Å²) in [5.74, 6) is 2.37. The lowest BCUT2D eigenvalue weighted by atomic mass is 9.45. The summed E-state index contributed by atoms with van der Waals surface area (Å²) in [6, 6.07) is 0. The highest BCUT2D eigenvalue weighted by molar-refractivity contribution is 5.91. The Hall–Kier alpha value is -1.16. The lowest BCUT2D eigenvalue weighted by Crippen LogP contribution is -2.57. The van der Waals surface area contributed by atoms with Crippen LogP contribution in [0.5, 0.6) is 0 Å². The van der Waals surface area contributed by atoms with E-state index in [4.69, 9.17) is 0 Å². The molecule has 0 aromatic carbocycles. The van der Waals surface area contributed by atoms with Crippen LogP contribution in [-0.4, -0.2) is 28.4 Å². The summed E-state index contributed by atoms with van der Waals surface area (Å²) in [6.45, 7) is 10.7. The number of amides is 1. The van der Waals surface area contributed by atoms with Gasteiger partial charge in [-0.15, -0.1) is 0 Å². The summed E-state index contributed by atoms with van der Waals surface area (Å²) in [4.78, 5) is 23.8. The minimum absolute atomic E-state index is 0.0250. The molecule has 6 unspecified atom stereocenters. The average molecular weight is 388 g/mol. The zero-order chi connectivity index (χ0) is 20.5. The third kappa shape index (κ3) is 2.81. The van der Waals surface area contributed by atoms with E-state index in [1.54, 1.807) is 13.0 Å². The van der Waals surface area contributed by atoms with Gasteiger partial charge in [0.05, 0.1) is 6.10 Å². The molecule has 2 N–H and O–H groups in total. The van der Waals surface area contributed by atoms with Crippen molar-refractivity contribution in [1.82, 2.24) is 5.32 Å². The molecular weight excluding hydrogens is 350 g/mol. The van der Waals surface area contributed by atoms with Crippen LogP contribution in [0.25, 0.3) is 0 Å². The molecule has 7 atom stereocenters. The molecule has 3 fully saturated rings. The number of carbonyl (C=O) groups is 2. The quantitative estimate of drug-likeness (QED) is 0.752. The van der Waals surface area contributed by atoms with Crippen LogP contribution in [0.15, 0.2) is 11.6 Å². The molecule has 0 aromatic heterocycles. The highest BCUT2D eigenvalue weighted by atomic mass is 16.3. The summed E-state index contributed by atoms with van der Waals surface area (Å²) < 4.78 is 0. The van der Waals surface area contributed by atoms with Crippen molar-refractivity contribution in [2.75, 3.05) is 0 Å². The van der Waals surface area contributed by atoms with Crippen LogP contribution in [0.1, 0.15) is 79.6 Å². The van der Waals surface area contributed by atoms with E-state index in [0.717, 1.165) is 24.8 Å². The molecule has 156 valence electrons. The molecule has 4 rings (SSSR count). The molecular formula is C24H37NO3. The summed E-state index contributed by atoms with van der Waals surface area (Å²) in [5, 5.41) is 14.2. The zero-order valence-corrected chi connectivity index (χ0v) is 18.2. The maximum Gasteiger partial charge on any atom is 0.217 e. The fourth-order valence-electron chi connectivity index (χ4n) is 8.33. The molecule has 0 aliphatic heterocycles. The first-order chi connectivity index (χ1) is 13.0. The molecule has 4 heteroatoms. The number of ketones is 1. The minimum Gasteiger partial charge on any atom is -0.389 e. The van der Waals surface area contributed by atoms with Crippen LogP contribution in [0, 0.1) is 34.5 Å². The van der Waals surface area contributed by atoms with Gasteiger partial charge >= 0.3 is 0 Å². The van der Waals surface area contributed by atoms with Crippen LogP contribution in [0.4, 0.5) is 0 Å². The lowest BCUT2D eigenvalue weighted by molar-refractivity contribution is -0.124. The predicted octanol–water partition coefficient (Wildman–Crippen LogP) is 4.02. The topological polar surface area (TPSA) is 66.4 Å². The Bertz CT molecular complexity index is 725. The maximum absolute atomic E-state index is 12.0. The molecule has 0 aromatic rings. The van der Waals surface area contributed by atoms with Gasteiger partial charge in [0.2, 0.25) is 5.91 Å². The van der Waals surface area contributed by atoms with Crippen molar-refractivity contribution >= 4 is 11.7 Å². The Morgan fingerprint density at radius 1 is 1.18 bits per heavy atom. The van der Waals surface area contributed by atoms with Crippen LogP contribution in [0.3, 0.4) is 0 Å². The van der Waals surface area contributed by atoms with E-state index >= 15 is 0 Å². The molecule has 4 nitrogen and oxygen atoms in total. The van der Waals surface area contributed by atoms with E-state index in [-0.39, 0.29) is 28.1 Å². The van der Waals surface area contributed by atoms with Gasteiger partial charge in [0.1, 0.15) is 0 Å². The highest BCUT2D eigenvalue weighted by Gasteiger charge is 2.62. The normalized spacial score (nSPS) is 45.6. The molecule has 0 spiro atoms. The van der Waals surface area contributed by atoms with Gasteiger partial charge in [-0.3, -0.25) is 9.59 Å². The Morgan fingerprint density at radius 2 is 1.89 bits per heavy atom. The molecule has 4 aliphatic carbocycles. The van der Waals surface area contributed by atoms with Crippen molar-refractivity contribution in [2.45, 2.75) is 91.2 Å². The van der Waals surface area contributed by atoms with Crippen LogP contribution < -0.4 is 5.32 Å². The molecule has 0 saturated heterocycles. The van der Waals surface area contributed by atoms with E-state index in [1.807, 2.05) is 0 Å². The smallest absolute Gasteiger partial charge is 0.217 e. The van der Waals surface area contributed by atoms with E-state index in [0.29, 0.717) is 30.1 Å². The number of fused-ring (bicyclic) bond motifs is 5. The first kappa shape index (κ1) is 20.1. The number of rotatable bonds is 2. The second kappa shape index (κ2) is 6.42. The summed E-state index contributed by atoms with van der Waals surface area (Å²) >= 11 is 0. The predicted molar refractivity (Wildman–Crippen MR) is 109 cm³/mol. The molecule has 0 bridgehead atoms. The van der Waals surface area contributed by atoms with Crippen molar-refractivity contribution in [3.63, 3.8) is 0 Å². The van der Waals surface area contributed by atoms with E-state index in [9.17, 15) is 14.7 Å². The fraction of sp³-hybridized carbons (Fsp3) is 0.833. The second-order valence-electron chi connectivity index (χ2n) is 11.2. The van der Waals surface area contributed by atoms with Crippen molar-refractivity contribution < 1.29 is 14.7 Å². The van der Waals surface area contributed by atoms with Gasteiger partial charge in [-0.1, -0.05) is 13.8 Å². The lowest BCUT2D eigenvalue weighted by Gasteiger charge is -2.60.